The van der Waals surface area contributed by atoms with Crippen molar-refractivity contribution in [2.75, 3.05) is 0 Å². The molecule has 0 aliphatic heterocycles. The molecule has 4 heteroatoms. The highest BCUT2D eigenvalue weighted by molar-refractivity contribution is 6.30. The molecule has 1 unspecified atom stereocenters. The summed E-state index contributed by atoms with van der Waals surface area (Å²) >= 11 is 5.91. The maximum atomic E-state index is 8.78. The van der Waals surface area contributed by atoms with Crippen molar-refractivity contribution in [1.29, 1.82) is 5.26 Å². The van der Waals surface area contributed by atoms with Crippen molar-refractivity contribution in [3.63, 3.8) is 0 Å². The van der Waals surface area contributed by atoms with Gasteiger partial charge in [0.1, 0.15) is 0 Å². The molecule has 0 heterocycles. The Hall–Kier alpha value is -1.53. The first-order chi connectivity index (χ1) is 9.72. The van der Waals surface area contributed by atoms with Gasteiger partial charge in [-0.2, -0.15) is 5.26 Å². The molecule has 0 bridgehead atoms. The van der Waals surface area contributed by atoms with Gasteiger partial charge in [0.2, 0.25) is 0 Å². The number of rotatable bonds is 5. The maximum absolute atomic E-state index is 8.78. The number of nitrogens with one attached hydrogen (secondary N) is 1. The summed E-state index contributed by atoms with van der Waals surface area (Å²) in [6.45, 7) is 2.94. The molecule has 0 radical (unpaired) electrons. The summed E-state index contributed by atoms with van der Waals surface area (Å²) in [7, 11) is 0. The molecule has 2 rings (SSSR count). The highest BCUT2D eigenvalue weighted by Crippen LogP contribution is 2.19. The second-order valence-electron chi connectivity index (χ2n) is 4.70. The van der Waals surface area contributed by atoms with Crippen LogP contribution in [0.5, 0.6) is 0 Å². The second kappa shape index (κ2) is 8.69. The number of halogens is 2. The lowest BCUT2D eigenvalue weighted by Gasteiger charge is -2.17. The second-order valence-corrected chi connectivity index (χ2v) is 5.14. The normalized spacial score (nSPS) is 11.3. The van der Waals surface area contributed by atoms with Gasteiger partial charge in [0.15, 0.2) is 0 Å². The van der Waals surface area contributed by atoms with Crippen molar-refractivity contribution in [3.05, 3.63) is 70.2 Å². The molecule has 0 aliphatic rings. The Morgan fingerprint density at radius 3 is 2.24 bits per heavy atom. The Bertz CT molecular complexity index is 586. The maximum Gasteiger partial charge on any atom is 0.0991 e. The zero-order valence-corrected chi connectivity index (χ0v) is 13.4. The average Bonchev–Trinajstić information content (AvgIpc) is 2.50. The van der Waals surface area contributed by atoms with Crippen LogP contribution < -0.4 is 5.32 Å². The molecule has 0 amide bonds. The Morgan fingerprint density at radius 2 is 1.71 bits per heavy atom. The smallest absolute Gasteiger partial charge is 0.0991 e. The van der Waals surface area contributed by atoms with Gasteiger partial charge in [-0.3, -0.25) is 0 Å². The van der Waals surface area contributed by atoms with Crippen LogP contribution in [0.15, 0.2) is 48.5 Å². The van der Waals surface area contributed by atoms with Crippen molar-refractivity contribution in [1.82, 2.24) is 5.32 Å². The van der Waals surface area contributed by atoms with Crippen LogP contribution in [-0.4, -0.2) is 0 Å². The lowest BCUT2D eigenvalue weighted by atomic mass is 10.0. The van der Waals surface area contributed by atoms with Crippen LogP contribution in [0.4, 0.5) is 0 Å². The van der Waals surface area contributed by atoms with E-state index in [9.17, 15) is 0 Å². The van der Waals surface area contributed by atoms with Gasteiger partial charge in [-0.1, -0.05) is 42.8 Å². The first-order valence-corrected chi connectivity index (χ1v) is 7.08. The van der Waals surface area contributed by atoms with Crippen molar-refractivity contribution in [2.45, 2.75) is 25.9 Å². The van der Waals surface area contributed by atoms with Gasteiger partial charge < -0.3 is 5.32 Å². The van der Waals surface area contributed by atoms with Gasteiger partial charge in [0.05, 0.1) is 11.6 Å². The minimum Gasteiger partial charge on any atom is -0.306 e. The molecule has 0 saturated carbocycles. The molecule has 21 heavy (non-hydrogen) atoms. The molecule has 2 aromatic carbocycles. The lowest BCUT2D eigenvalue weighted by molar-refractivity contribution is 0.519. The Labute approximate surface area is 137 Å². The summed E-state index contributed by atoms with van der Waals surface area (Å²) in [4.78, 5) is 0. The van der Waals surface area contributed by atoms with E-state index in [1.807, 2.05) is 36.4 Å². The van der Waals surface area contributed by atoms with Crippen LogP contribution in [0, 0.1) is 11.3 Å². The van der Waals surface area contributed by atoms with Crippen LogP contribution in [0.1, 0.15) is 36.1 Å². The van der Waals surface area contributed by atoms with E-state index in [2.05, 4.69) is 30.4 Å². The van der Waals surface area contributed by atoms with E-state index in [0.29, 0.717) is 11.6 Å². The number of nitrogens with zero attached hydrogens (tertiary/aromatic N) is 1. The van der Waals surface area contributed by atoms with Crippen molar-refractivity contribution < 1.29 is 0 Å². The predicted octanol–water partition coefficient (Wildman–Crippen LogP) is 4.87. The van der Waals surface area contributed by atoms with E-state index < -0.39 is 0 Å². The first kappa shape index (κ1) is 17.5. The zero-order chi connectivity index (χ0) is 14.4. The topological polar surface area (TPSA) is 35.8 Å². The van der Waals surface area contributed by atoms with Crippen molar-refractivity contribution >= 4 is 24.0 Å². The predicted molar refractivity (Wildman–Crippen MR) is 89.7 cm³/mol. The fourth-order valence-corrected chi connectivity index (χ4v) is 2.26. The molecule has 0 spiro atoms. The monoisotopic (exact) mass is 320 g/mol. The molecule has 1 atom stereocenters. The summed E-state index contributed by atoms with van der Waals surface area (Å²) in [6.07, 6.45) is 1.01. The number of nitriles is 1. The Balaban J connectivity index is 0.00000220. The molecule has 0 aliphatic carbocycles. The molecule has 0 saturated heterocycles. The number of benzene rings is 2. The molecule has 0 fully saturated rings. The summed E-state index contributed by atoms with van der Waals surface area (Å²) in [5.41, 5.74) is 3.11. The van der Waals surface area contributed by atoms with Crippen molar-refractivity contribution in [3.8, 4) is 6.07 Å². The third-order valence-electron chi connectivity index (χ3n) is 3.32. The van der Waals surface area contributed by atoms with Crippen LogP contribution in [0.2, 0.25) is 5.02 Å². The van der Waals surface area contributed by atoms with Crippen LogP contribution in [0.3, 0.4) is 0 Å². The lowest BCUT2D eigenvalue weighted by Crippen LogP contribution is -2.20. The molecular weight excluding hydrogens is 303 g/mol. The number of hydrogen-bond donors (Lipinski definition) is 1. The third kappa shape index (κ3) is 5.06. The van der Waals surface area contributed by atoms with Gasteiger partial charge in [-0.25, -0.2) is 0 Å². The molecular formula is C17H18Cl2N2. The highest BCUT2D eigenvalue weighted by atomic mass is 35.5. The minimum absolute atomic E-state index is 0. The fourth-order valence-electron chi connectivity index (χ4n) is 2.13. The van der Waals surface area contributed by atoms with Crippen LogP contribution >= 0.6 is 24.0 Å². The highest BCUT2D eigenvalue weighted by Gasteiger charge is 2.08. The van der Waals surface area contributed by atoms with Gasteiger partial charge in [-0.05, 0) is 41.8 Å². The van der Waals surface area contributed by atoms with E-state index in [1.54, 1.807) is 0 Å². The van der Waals surface area contributed by atoms with E-state index in [4.69, 9.17) is 16.9 Å². The molecule has 1 N–H and O–H groups in total. The van der Waals surface area contributed by atoms with E-state index in [0.717, 1.165) is 18.0 Å². The molecule has 0 aromatic heterocycles. The number of hydrogen-bond acceptors (Lipinski definition) is 2. The molecule has 110 valence electrons. The first-order valence-electron chi connectivity index (χ1n) is 6.71. The van der Waals surface area contributed by atoms with Gasteiger partial charge >= 0.3 is 0 Å². The summed E-state index contributed by atoms with van der Waals surface area (Å²) in [6, 6.07) is 18.1. The third-order valence-corrected chi connectivity index (χ3v) is 3.57. The van der Waals surface area contributed by atoms with Gasteiger partial charge in [0.25, 0.3) is 0 Å². The molecule has 2 nitrogen and oxygen atoms in total. The fraction of sp³-hybridized carbons (Fsp3) is 0.235. The summed E-state index contributed by atoms with van der Waals surface area (Å²) in [5.74, 6) is 0. The van der Waals surface area contributed by atoms with Gasteiger partial charge in [0, 0.05) is 17.6 Å². The Kier molecular flexibility index (Phi) is 7.25. The van der Waals surface area contributed by atoms with Crippen LogP contribution in [-0.2, 0) is 6.54 Å². The molecule has 2 aromatic rings. The van der Waals surface area contributed by atoms with Crippen molar-refractivity contribution in [2.24, 2.45) is 0 Å². The average molecular weight is 321 g/mol. The largest absolute Gasteiger partial charge is 0.306 e. The summed E-state index contributed by atoms with van der Waals surface area (Å²) in [5, 5.41) is 13.1. The quantitative estimate of drug-likeness (QED) is 0.852. The zero-order valence-electron chi connectivity index (χ0n) is 11.8. The van der Waals surface area contributed by atoms with E-state index in [1.165, 1.54) is 11.1 Å². The summed E-state index contributed by atoms with van der Waals surface area (Å²) < 4.78 is 0. The van der Waals surface area contributed by atoms with E-state index >= 15 is 0 Å². The standard InChI is InChI=1S/C17H17ClN2.ClH/c1-2-17(15-7-9-16(18)10-8-15)20-12-14-5-3-13(11-19)4-6-14;/h3-10,17,20H,2,12H2,1H3;1H. The Morgan fingerprint density at radius 1 is 1.10 bits per heavy atom. The SMILES string of the molecule is CCC(NCc1ccc(C#N)cc1)c1ccc(Cl)cc1.Cl. The van der Waals surface area contributed by atoms with E-state index in [-0.39, 0.29) is 12.4 Å². The van der Waals surface area contributed by atoms with Crippen LogP contribution in [0.25, 0.3) is 0 Å². The van der Waals surface area contributed by atoms with Gasteiger partial charge in [-0.15, -0.1) is 12.4 Å². The minimum atomic E-state index is 0.